The van der Waals surface area contributed by atoms with Crippen molar-refractivity contribution in [1.29, 1.82) is 0 Å². The molecule has 1 amide bonds. The normalized spacial score (nSPS) is 13.8. The third-order valence-corrected chi connectivity index (χ3v) is 5.27. The second kappa shape index (κ2) is 8.54. The molecule has 1 saturated heterocycles. The summed E-state index contributed by atoms with van der Waals surface area (Å²) in [7, 11) is 0. The number of carbonyl (C=O) groups is 1. The van der Waals surface area contributed by atoms with Crippen LogP contribution in [0.3, 0.4) is 0 Å². The van der Waals surface area contributed by atoms with Crippen LogP contribution in [0.25, 0.3) is 5.69 Å². The molecule has 0 atom stereocenters. The van der Waals surface area contributed by atoms with E-state index in [1.807, 2.05) is 12.1 Å². The maximum Gasteiger partial charge on any atom is 0.276 e. The van der Waals surface area contributed by atoms with Gasteiger partial charge in [0.1, 0.15) is 0 Å². The first-order chi connectivity index (χ1) is 14.5. The molecule has 1 aliphatic rings. The number of nitrogens with zero attached hydrogens (tertiary/aromatic N) is 4. The standard InChI is InChI=1S/C21H20ClN5O3/c22-15-7-8-20(25-10-2-1-3-11-25)19(13-15)23-21(28)18-9-12-26(24-18)16-5-4-6-17(14-16)27(29)30/h4-9,12-14H,1-3,10-11H2,(H,23,28). The van der Waals surface area contributed by atoms with Crippen molar-refractivity contribution in [1.82, 2.24) is 9.78 Å². The van der Waals surface area contributed by atoms with Gasteiger partial charge in [-0.25, -0.2) is 4.68 Å². The number of amides is 1. The number of nitrogens with one attached hydrogen (secondary N) is 1. The molecule has 1 fully saturated rings. The summed E-state index contributed by atoms with van der Waals surface area (Å²) in [6.45, 7) is 1.87. The Morgan fingerprint density at radius 2 is 1.90 bits per heavy atom. The van der Waals surface area contributed by atoms with Crippen LogP contribution in [0.1, 0.15) is 29.8 Å². The zero-order valence-electron chi connectivity index (χ0n) is 16.1. The van der Waals surface area contributed by atoms with E-state index in [1.165, 1.54) is 23.2 Å². The average molecular weight is 426 g/mol. The van der Waals surface area contributed by atoms with Crippen molar-refractivity contribution in [3.05, 3.63) is 75.6 Å². The van der Waals surface area contributed by atoms with Crippen molar-refractivity contribution in [2.24, 2.45) is 0 Å². The summed E-state index contributed by atoms with van der Waals surface area (Å²) in [5, 5.41) is 18.7. The van der Waals surface area contributed by atoms with Gasteiger partial charge in [0.25, 0.3) is 11.6 Å². The van der Waals surface area contributed by atoms with Crippen molar-refractivity contribution in [2.45, 2.75) is 19.3 Å². The van der Waals surface area contributed by atoms with Crippen LogP contribution in [-0.2, 0) is 0 Å². The van der Waals surface area contributed by atoms with Crippen LogP contribution in [0.5, 0.6) is 0 Å². The minimum atomic E-state index is -0.470. The largest absolute Gasteiger partial charge is 0.370 e. The zero-order valence-corrected chi connectivity index (χ0v) is 16.9. The van der Waals surface area contributed by atoms with E-state index in [9.17, 15) is 14.9 Å². The molecule has 0 bridgehead atoms. The minimum absolute atomic E-state index is 0.0425. The van der Waals surface area contributed by atoms with Gasteiger partial charge in [0.05, 0.1) is 22.0 Å². The second-order valence-corrected chi connectivity index (χ2v) is 7.52. The van der Waals surface area contributed by atoms with Gasteiger partial charge in [-0.3, -0.25) is 14.9 Å². The molecule has 154 valence electrons. The van der Waals surface area contributed by atoms with Crippen molar-refractivity contribution in [3.63, 3.8) is 0 Å². The van der Waals surface area contributed by atoms with E-state index in [1.54, 1.807) is 30.5 Å². The third kappa shape index (κ3) is 4.28. The Kier molecular flexibility index (Phi) is 5.67. The summed E-state index contributed by atoms with van der Waals surface area (Å²) in [6.07, 6.45) is 5.03. The first kappa shape index (κ1) is 19.9. The van der Waals surface area contributed by atoms with Crippen LogP contribution in [0.2, 0.25) is 5.02 Å². The maximum absolute atomic E-state index is 12.8. The fourth-order valence-electron chi connectivity index (χ4n) is 3.54. The highest BCUT2D eigenvalue weighted by Crippen LogP contribution is 2.31. The van der Waals surface area contributed by atoms with Gasteiger partial charge < -0.3 is 10.2 Å². The van der Waals surface area contributed by atoms with Gasteiger partial charge in [-0.1, -0.05) is 17.7 Å². The van der Waals surface area contributed by atoms with Gasteiger partial charge in [0.15, 0.2) is 5.69 Å². The fourth-order valence-corrected chi connectivity index (χ4v) is 3.72. The highest BCUT2D eigenvalue weighted by Gasteiger charge is 2.18. The summed E-state index contributed by atoms with van der Waals surface area (Å²) in [5.74, 6) is -0.375. The van der Waals surface area contributed by atoms with Crippen molar-refractivity contribution in [2.75, 3.05) is 23.3 Å². The fraction of sp³-hybridized carbons (Fsp3) is 0.238. The van der Waals surface area contributed by atoms with Gasteiger partial charge in [0.2, 0.25) is 0 Å². The summed E-state index contributed by atoms with van der Waals surface area (Å²) < 4.78 is 1.44. The average Bonchev–Trinajstić information content (AvgIpc) is 3.25. The molecule has 1 N–H and O–H groups in total. The van der Waals surface area contributed by atoms with Crippen LogP contribution in [0.4, 0.5) is 17.1 Å². The number of anilines is 2. The van der Waals surface area contributed by atoms with E-state index in [0.29, 0.717) is 16.4 Å². The van der Waals surface area contributed by atoms with Crippen molar-refractivity contribution >= 4 is 34.6 Å². The smallest absolute Gasteiger partial charge is 0.276 e. The van der Waals surface area contributed by atoms with Gasteiger partial charge in [-0.15, -0.1) is 0 Å². The molecule has 30 heavy (non-hydrogen) atoms. The van der Waals surface area contributed by atoms with Gasteiger partial charge in [0, 0.05) is 36.4 Å². The Balaban J connectivity index is 1.56. The van der Waals surface area contributed by atoms with Crippen LogP contribution in [0, 0.1) is 10.1 Å². The van der Waals surface area contributed by atoms with Gasteiger partial charge in [-0.2, -0.15) is 5.10 Å². The summed E-state index contributed by atoms with van der Waals surface area (Å²) in [4.78, 5) is 25.6. The lowest BCUT2D eigenvalue weighted by Crippen LogP contribution is -2.30. The van der Waals surface area contributed by atoms with Crippen LogP contribution < -0.4 is 10.2 Å². The number of non-ortho nitro benzene ring substituents is 1. The molecule has 0 radical (unpaired) electrons. The number of nitro benzene ring substituents is 1. The lowest BCUT2D eigenvalue weighted by atomic mass is 10.1. The van der Waals surface area contributed by atoms with E-state index in [-0.39, 0.29) is 17.3 Å². The van der Waals surface area contributed by atoms with Crippen molar-refractivity contribution in [3.8, 4) is 5.69 Å². The molecule has 8 nitrogen and oxygen atoms in total. The molecule has 0 saturated carbocycles. The van der Waals surface area contributed by atoms with Crippen LogP contribution >= 0.6 is 11.6 Å². The van der Waals surface area contributed by atoms with Gasteiger partial charge in [-0.05, 0) is 49.6 Å². The number of hydrogen-bond donors (Lipinski definition) is 1. The molecular formula is C21H20ClN5O3. The Bertz CT molecular complexity index is 1090. The molecule has 0 aliphatic carbocycles. The first-order valence-electron chi connectivity index (χ1n) is 9.67. The number of halogens is 1. The van der Waals surface area contributed by atoms with E-state index in [2.05, 4.69) is 15.3 Å². The Hall–Kier alpha value is -3.39. The molecule has 1 aromatic heterocycles. The van der Waals surface area contributed by atoms with Crippen LogP contribution in [0.15, 0.2) is 54.7 Å². The Labute approximate surface area is 178 Å². The van der Waals surface area contributed by atoms with E-state index < -0.39 is 4.92 Å². The van der Waals surface area contributed by atoms with Crippen LogP contribution in [-0.4, -0.2) is 33.7 Å². The molecule has 0 spiro atoms. The molecule has 1 aliphatic heterocycles. The summed E-state index contributed by atoms with van der Waals surface area (Å²) in [6, 6.07) is 13.1. The molecular weight excluding hydrogens is 406 g/mol. The molecule has 3 aromatic rings. The number of carbonyl (C=O) groups excluding carboxylic acids is 1. The lowest BCUT2D eigenvalue weighted by Gasteiger charge is -2.30. The SMILES string of the molecule is O=C(Nc1cc(Cl)ccc1N1CCCCC1)c1ccn(-c2cccc([N+](=O)[O-])c2)n1. The minimum Gasteiger partial charge on any atom is -0.370 e. The monoisotopic (exact) mass is 425 g/mol. The zero-order chi connectivity index (χ0) is 21.1. The molecule has 9 heteroatoms. The maximum atomic E-state index is 12.8. The number of benzene rings is 2. The highest BCUT2D eigenvalue weighted by molar-refractivity contribution is 6.31. The molecule has 4 rings (SSSR count). The summed E-state index contributed by atoms with van der Waals surface area (Å²) in [5.41, 5.74) is 2.23. The van der Waals surface area contributed by atoms with E-state index in [4.69, 9.17) is 11.6 Å². The molecule has 2 aromatic carbocycles. The van der Waals surface area contributed by atoms with E-state index in [0.717, 1.165) is 31.6 Å². The van der Waals surface area contributed by atoms with Gasteiger partial charge >= 0.3 is 0 Å². The highest BCUT2D eigenvalue weighted by atomic mass is 35.5. The molecule has 0 unspecified atom stereocenters. The lowest BCUT2D eigenvalue weighted by molar-refractivity contribution is -0.384. The third-order valence-electron chi connectivity index (χ3n) is 5.03. The number of nitro groups is 1. The van der Waals surface area contributed by atoms with Crippen molar-refractivity contribution < 1.29 is 9.72 Å². The number of rotatable bonds is 5. The van der Waals surface area contributed by atoms with E-state index >= 15 is 0 Å². The predicted molar refractivity (Wildman–Crippen MR) is 116 cm³/mol. The predicted octanol–water partition coefficient (Wildman–Crippen LogP) is 4.68. The number of hydrogen-bond acceptors (Lipinski definition) is 5. The second-order valence-electron chi connectivity index (χ2n) is 7.09. The Morgan fingerprint density at radius 1 is 1.10 bits per heavy atom. The number of aromatic nitrogens is 2. The quantitative estimate of drug-likeness (QED) is 0.473. The Morgan fingerprint density at radius 3 is 2.67 bits per heavy atom. The first-order valence-corrected chi connectivity index (χ1v) is 10.1. The topological polar surface area (TPSA) is 93.3 Å². The molecule has 2 heterocycles. The summed E-state index contributed by atoms with van der Waals surface area (Å²) >= 11 is 6.17. The number of piperidine rings is 1.